The van der Waals surface area contributed by atoms with Gasteiger partial charge < -0.3 is 14.5 Å². The van der Waals surface area contributed by atoms with E-state index in [0.717, 1.165) is 0 Å². The topological polar surface area (TPSA) is 47.6 Å². The van der Waals surface area contributed by atoms with Crippen LogP contribution in [0.5, 0.6) is 0 Å². The number of carbonyl (C=O) groups excluding carboxylic acids is 1. The summed E-state index contributed by atoms with van der Waals surface area (Å²) in [5.41, 5.74) is 0. The van der Waals surface area contributed by atoms with Crippen molar-refractivity contribution in [3.05, 3.63) is 60.7 Å². The van der Waals surface area contributed by atoms with E-state index < -0.39 is 8.32 Å². The lowest BCUT2D eigenvalue weighted by atomic mass is 10.1. The van der Waals surface area contributed by atoms with Crippen molar-refractivity contribution in [3.8, 4) is 0 Å². The van der Waals surface area contributed by atoms with E-state index in [2.05, 4.69) is 81.5 Å². The molecule has 2 aromatic carbocycles. The van der Waals surface area contributed by atoms with E-state index in [1.54, 1.807) is 0 Å². The molecule has 0 aromatic heterocycles. The van der Waals surface area contributed by atoms with Crippen LogP contribution in [0.4, 0.5) is 4.79 Å². The quantitative estimate of drug-likeness (QED) is 0.754. The molecule has 1 N–H and O–H groups in total. The minimum atomic E-state index is -2.58. The minimum Gasteiger partial charge on any atom is -0.444 e. The Morgan fingerprint density at radius 2 is 1.54 bits per heavy atom. The Morgan fingerprint density at radius 3 is 1.93 bits per heavy atom. The molecular formula is C23H31NO3Si. The number of hydrogen-bond donors (Lipinski definition) is 1. The monoisotopic (exact) mass is 397 g/mol. The van der Waals surface area contributed by atoms with Crippen LogP contribution in [0.1, 0.15) is 41.0 Å². The van der Waals surface area contributed by atoms with E-state index in [0.29, 0.717) is 6.42 Å². The predicted octanol–water partition coefficient (Wildman–Crippen LogP) is 3.84. The molecule has 1 unspecified atom stereocenters. The van der Waals surface area contributed by atoms with Crippen molar-refractivity contribution in [1.82, 2.24) is 5.32 Å². The van der Waals surface area contributed by atoms with E-state index in [4.69, 9.17) is 9.16 Å². The van der Waals surface area contributed by atoms with Crippen molar-refractivity contribution in [2.45, 2.75) is 64.3 Å². The molecule has 1 amide bonds. The van der Waals surface area contributed by atoms with Gasteiger partial charge in [0.25, 0.3) is 8.32 Å². The third-order valence-electron chi connectivity index (χ3n) is 5.52. The minimum absolute atomic E-state index is 0.00213. The molecule has 1 aliphatic rings. The Morgan fingerprint density at radius 1 is 1.04 bits per heavy atom. The van der Waals surface area contributed by atoms with E-state index in [9.17, 15) is 4.79 Å². The molecular weight excluding hydrogens is 366 g/mol. The van der Waals surface area contributed by atoms with Crippen LogP contribution in [0.15, 0.2) is 60.7 Å². The zero-order chi connectivity index (χ0) is 20.4. The first-order chi connectivity index (χ1) is 13.2. The van der Waals surface area contributed by atoms with Gasteiger partial charge in [0.2, 0.25) is 0 Å². The smallest absolute Gasteiger partial charge is 0.407 e. The summed E-state index contributed by atoms with van der Waals surface area (Å²) < 4.78 is 12.5. The summed E-state index contributed by atoms with van der Waals surface area (Å²) in [6, 6.07) is 21.2. The Balaban J connectivity index is 2.00. The van der Waals surface area contributed by atoms with E-state index in [1.807, 2.05) is 19.1 Å². The second-order valence-corrected chi connectivity index (χ2v) is 13.0. The largest absolute Gasteiger partial charge is 0.444 e. The van der Waals surface area contributed by atoms with E-state index >= 15 is 0 Å². The average Bonchev–Trinajstić information content (AvgIpc) is 2.97. The first-order valence-corrected chi connectivity index (χ1v) is 11.9. The van der Waals surface area contributed by atoms with Gasteiger partial charge in [0.15, 0.2) is 0 Å². The van der Waals surface area contributed by atoms with Crippen molar-refractivity contribution in [3.63, 3.8) is 0 Å². The second-order valence-electron chi connectivity index (χ2n) is 8.70. The van der Waals surface area contributed by atoms with Gasteiger partial charge in [-0.25, -0.2) is 4.79 Å². The zero-order valence-corrected chi connectivity index (χ0v) is 18.4. The lowest BCUT2D eigenvalue weighted by Gasteiger charge is -2.45. The lowest BCUT2D eigenvalue weighted by molar-refractivity contribution is 0.0890. The fourth-order valence-corrected chi connectivity index (χ4v) is 8.89. The molecule has 1 saturated heterocycles. The summed E-state index contributed by atoms with van der Waals surface area (Å²) >= 11 is 0. The van der Waals surface area contributed by atoms with Gasteiger partial charge in [-0.15, -0.1) is 0 Å². The maximum absolute atomic E-state index is 11.6. The van der Waals surface area contributed by atoms with Crippen molar-refractivity contribution in [2.24, 2.45) is 0 Å². The number of rotatable bonds is 6. The highest BCUT2D eigenvalue weighted by molar-refractivity contribution is 6.99. The fourth-order valence-electron chi connectivity index (χ4n) is 4.17. The summed E-state index contributed by atoms with van der Waals surface area (Å²) in [5, 5.41) is 5.27. The molecule has 0 aliphatic carbocycles. The molecule has 0 saturated carbocycles. The number of benzene rings is 2. The second kappa shape index (κ2) is 8.09. The molecule has 2 aromatic rings. The summed E-state index contributed by atoms with van der Waals surface area (Å²) in [5.74, 6) is 0. The van der Waals surface area contributed by atoms with Gasteiger partial charge in [-0.2, -0.15) is 0 Å². The van der Waals surface area contributed by atoms with Crippen molar-refractivity contribution < 1.29 is 14.0 Å². The fraction of sp³-hybridized carbons (Fsp3) is 0.435. The van der Waals surface area contributed by atoms with Crippen LogP contribution in [-0.4, -0.2) is 32.7 Å². The number of cyclic esters (lactones) is 1. The summed E-state index contributed by atoms with van der Waals surface area (Å²) in [7, 11) is -2.58. The number of nitrogens with one attached hydrogen (secondary N) is 1. The molecule has 0 bridgehead atoms. The van der Waals surface area contributed by atoms with E-state index in [-0.39, 0.29) is 29.4 Å². The van der Waals surface area contributed by atoms with Gasteiger partial charge in [0.05, 0.1) is 6.04 Å². The van der Waals surface area contributed by atoms with E-state index in [1.165, 1.54) is 10.4 Å². The first-order valence-electron chi connectivity index (χ1n) is 10.00. The first kappa shape index (κ1) is 20.6. The Hall–Kier alpha value is -2.11. The van der Waals surface area contributed by atoms with Crippen LogP contribution in [-0.2, 0) is 9.16 Å². The number of carbonyl (C=O) groups is 1. The normalized spacial score (nSPS) is 21.1. The lowest BCUT2D eigenvalue weighted by Crippen LogP contribution is -2.67. The maximum atomic E-state index is 11.6. The SMILES string of the molecule is C[C@@H]1NC(=O)OC1C[C@H](C)O[Si](c1ccccc1)(c1ccccc1)C(C)(C)C. The number of amides is 1. The van der Waals surface area contributed by atoms with Gasteiger partial charge in [0, 0.05) is 12.5 Å². The highest BCUT2D eigenvalue weighted by atomic mass is 28.4. The van der Waals surface area contributed by atoms with Gasteiger partial charge >= 0.3 is 6.09 Å². The molecule has 4 nitrogen and oxygen atoms in total. The zero-order valence-electron chi connectivity index (χ0n) is 17.4. The summed E-state index contributed by atoms with van der Waals surface area (Å²) in [6.45, 7) is 10.9. The van der Waals surface area contributed by atoms with Crippen LogP contribution in [0, 0.1) is 0 Å². The third kappa shape index (κ3) is 4.01. The van der Waals surface area contributed by atoms with Gasteiger partial charge in [0.1, 0.15) is 6.10 Å². The molecule has 0 spiro atoms. The molecule has 1 fully saturated rings. The molecule has 5 heteroatoms. The molecule has 3 atom stereocenters. The third-order valence-corrected chi connectivity index (χ3v) is 10.7. The standard InChI is InChI=1S/C23H31NO3Si/c1-17(16-21-18(2)24-22(25)26-21)27-28(23(3,4)5,19-12-8-6-9-13-19)20-14-10-7-11-15-20/h6-15,17-18,21H,16H2,1-5H3,(H,24,25)/t17-,18-,21?/m0/s1. The highest BCUT2D eigenvalue weighted by Gasteiger charge is 2.51. The Kier molecular flexibility index (Phi) is 5.96. The highest BCUT2D eigenvalue weighted by Crippen LogP contribution is 2.38. The summed E-state index contributed by atoms with van der Waals surface area (Å²) in [6.07, 6.45) is 0.118. The molecule has 3 rings (SSSR count). The van der Waals surface area contributed by atoms with Crippen LogP contribution in [0.2, 0.25) is 5.04 Å². The van der Waals surface area contributed by atoms with Crippen LogP contribution < -0.4 is 15.7 Å². The summed E-state index contributed by atoms with van der Waals surface area (Å²) in [4.78, 5) is 11.6. The van der Waals surface area contributed by atoms with Gasteiger partial charge in [-0.05, 0) is 29.3 Å². The van der Waals surface area contributed by atoms with Crippen LogP contribution in [0.3, 0.4) is 0 Å². The van der Waals surface area contributed by atoms with Crippen molar-refractivity contribution in [1.29, 1.82) is 0 Å². The van der Waals surface area contributed by atoms with Gasteiger partial charge in [-0.3, -0.25) is 0 Å². The number of ether oxygens (including phenoxy) is 1. The number of alkyl carbamates (subject to hydrolysis) is 1. The van der Waals surface area contributed by atoms with Crippen LogP contribution >= 0.6 is 0 Å². The molecule has 28 heavy (non-hydrogen) atoms. The average molecular weight is 398 g/mol. The molecule has 1 heterocycles. The van der Waals surface area contributed by atoms with Crippen LogP contribution in [0.25, 0.3) is 0 Å². The molecule has 0 radical (unpaired) electrons. The van der Waals surface area contributed by atoms with Crippen molar-refractivity contribution >= 4 is 24.8 Å². The molecule has 1 aliphatic heterocycles. The Bertz CT molecular complexity index is 749. The maximum Gasteiger partial charge on any atom is 0.407 e. The molecule has 150 valence electrons. The predicted molar refractivity (Wildman–Crippen MR) is 116 cm³/mol. The number of hydrogen-bond acceptors (Lipinski definition) is 3. The Labute approximate surface area is 169 Å². The van der Waals surface area contributed by atoms with Crippen molar-refractivity contribution in [2.75, 3.05) is 0 Å². The van der Waals surface area contributed by atoms with Gasteiger partial charge in [-0.1, -0.05) is 81.4 Å².